The molecule has 12 heteroatoms. The predicted octanol–water partition coefficient (Wildman–Crippen LogP) is 5.53. The van der Waals surface area contributed by atoms with Crippen molar-refractivity contribution in [3.05, 3.63) is 59.8 Å². The summed E-state index contributed by atoms with van der Waals surface area (Å²) in [7, 11) is 1.23. The molecule has 2 aromatic carbocycles. The number of likely N-dealkylation sites (tertiary alicyclic amines) is 1. The number of rotatable bonds is 6. The molecule has 1 saturated heterocycles. The van der Waals surface area contributed by atoms with Crippen molar-refractivity contribution in [2.75, 3.05) is 19.4 Å². The summed E-state index contributed by atoms with van der Waals surface area (Å²) >= 11 is 0. The number of nitrogens with zero attached hydrogens (tertiary/aromatic N) is 2. The number of anilines is 1. The van der Waals surface area contributed by atoms with Crippen LogP contribution >= 0.6 is 0 Å². The molecule has 0 saturated carbocycles. The molecule has 4 N–H and O–H groups in total. The van der Waals surface area contributed by atoms with Gasteiger partial charge in [-0.15, -0.1) is 0 Å². The van der Waals surface area contributed by atoms with Gasteiger partial charge in [-0.05, 0) is 42.0 Å². The van der Waals surface area contributed by atoms with E-state index in [1.807, 2.05) is 13.8 Å². The number of amides is 2. The molecule has 1 fully saturated rings. The van der Waals surface area contributed by atoms with E-state index in [1.165, 1.54) is 19.2 Å². The molecule has 208 valence electrons. The first-order chi connectivity index (χ1) is 18.4. The van der Waals surface area contributed by atoms with Gasteiger partial charge < -0.3 is 25.7 Å². The number of halogens is 4. The molecule has 1 aliphatic heterocycles. The van der Waals surface area contributed by atoms with Crippen LogP contribution in [-0.4, -0.2) is 46.6 Å². The van der Waals surface area contributed by atoms with Crippen LogP contribution in [-0.2, 0) is 15.7 Å². The Hall–Kier alpha value is -4.09. The molecule has 2 amide bonds. The maximum atomic E-state index is 14.0. The van der Waals surface area contributed by atoms with Crippen molar-refractivity contribution in [1.29, 1.82) is 0 Å². The summed E-state index contributed by atoms with van der Waals surface area (Å²) in [5, 5.41) is 2.60. The maximum Gasteiger partial charge on any atom is 0.417 e. The molecule has 2 atom stereocenters. The number of imidazole rings is 1. The number of hydrogen-bond acceptors (Lipinski definition) is 5. The van der Waals surface area contributed by atoms with E-state index in [9.17, 15) is 27.2 Å². The number of nitrogens with one attached hydrogen (secondary N) is 2. The minimum absolute atomic E-state index is 0.170. The smallest absolute Gasteiger partial charge is 0.417 e. The summed E-state index contributed by atoms with van der Waals surface area (Å²) in [6.07, 6.45) is -2.32. The molecule has 0 spiro atoms. The zero-order chi connectivity index (χ0) is 28.5. The van der Waals surface area contributed by atoms with E-state index in [4.69, 9.17) is 5.73 Å². The Kier molecular flexibility index (Phi) is 7.84. The largest absolute Gasteiger partial charge is 0.453 e. The number of carbonyl (C=O) groups is 2. The standard InChI is InChI=1S/C27H29F4N5O3/c1-14(2)23(35-26(38)39-3)25(37)36-10-4-5-22(36)24-33-13-21(34-24)16-8-6-15(7-9-16)17-11-19(28)20(32)12-18(17)27(29,30)31/h6-9,11-14,22-23H,4-5,10,32H2,1-3H3,(H,33,34)(H,35,38)/t22?,23-/m0/s1. The van der Waals surface area contributed by atoms with Gasteiger partial charge in [-0.25, -0.2) is 14.2 Å². The van der Waals surface area contributed by atoms with Crippen LogP contribution in [0.2, 0.25) is 0 Å². The first-order valence-electron chi connectivity index (χ1n) is 12.4. The van der Waals surface area contributed by atoms with Crippen LogP contribution < -0.4 is 11.1 Å². The Balaban J connectivity index is 1.57. The first kappa shape index (κ1) is 27.9. The highest BCUT2D eigenvalue weighted by molar-refractivity contribution is 5.86. The zero-order valence-electron chi connectivity index (χ0n) is 21.6. The van der Waals surface area contributed by atoms with Gasteiger partial charge >= 0.3 is 12.3 Å². The quantitative estimate of drug-likeness (QED) is 0.278. The van der Waals surface area contributed by atoms with E-state index < -0.39 is 35.4 Å². The Morgan fingerprint density at radius 1 is 1.18 bits per heavy atom. The third kappa shape index (κ3) is 5.84. The summed E-state index contributed by atoms with van der Waals surface area (Å²) in [4.78, 5) is 34.5. The normalized spacial score (nSPS) is 16.4. The van der Waals surface area contributed by atoms with Crippen LogP contribution in [0.15, 0.2) is 42.6 Å². The molecule has 8 nitrogen and oxygen atoms in total. The molecule has 1 unspecified atom stereocenters. The van der Waals surface area contributed by atoms with Gasteiger partial charge in [0, 0.05) is 18.3 Å². The average molecular weight is 548 g/mol. The summed E-state index contributed by atoms with van der Waals surface area (Å²) in [5.41, 5.74) is 4.78. The molecular formula is C27H29F4N5O3. The number of alkyl carbamates (subject to hydrolysis) is 1. The lowest BCUT2D eigenvalue weighted by Crippen LogP contribution is -2.51. The number of aromatic nitrogens is 2. The molecule has 0 bridgehead atoms. The van der Waals surface area contributed by atoms with E-state index in [2.05, 4.69) is 20.0 Å². The third-order valence-electron chi connectivity index (χ3n) is 6.77. The predicted molar refractivity (Wildman–Crippen MR) is 137 cm³/mol. The first-order valence-corrected chi connectivity index (χ1v) is 12.4. The molecule has 1 aliphatic rings. The van der Waals surface area contributed by atoms with Gasteiger partial charge in [0.1, 0.15) is 17.7 Å². The van der Waals surface area contributed by atoms with Gasteiger partial charge in [-0.3, -0.25) is 4.79 Å². The van der Waals surface area contributed by atoms with Gasteiger partial charge in [-0.2, -0.15) is 13.2 Å². The van der Waals surface area contributed by atoms with E-state index in [0.29, 0.717) is 36.1 Å². The highest BCUT2D eigenvalue weighted by Gasteiger charge is 2.38. The fourth-order valence-electron chi connectivity index (χ4n) is 4.73. The van der Waals surface area contributed by atoms with Gasteiger partial charge in [0.2, 0.25) is 5.91 Å². The van der Waals surface area contributed by atoms with E-state index >= 15 is 0 Å². The number of alkyl halides is 3. The van der Waals surface area contributed by atoms with Gasteiger partial charge in [0.25, 0.3) is 0 Å². The number of hydrogen-bond donors (Lipinski definition) is 3. The molecule has 4 rings (SSSR count). The Morgan fingerprint density at radius 3 is 2.46 bits per heavy atom. The van der Waals surface area contributed by atoms with Crippen molar-refractivity contribution in [3.63, 3.8) is 0 Å². The monoisotopic (exact) mass is 547 g/mol. The van der Waals surface area contributed by atoms with Crippen molar-refractivity contribution in [1.82, 2.24) is 20.2 Å². The minimum Gasteiger partial charge on any atom is -0.453 e. The summed E-state index contributed by atoms with van der Waals surface area (Å²) < 4.78 is 59.4. The number of ether oxygens (including phenoxy) is 1. The van der Waals surface area contributed by atoms with E-state index in [0.717, 1.165) is 12.5 Å². The summed E-state index contributed by atoms with van der Waals surface area (Å²) in [5.74, 6) is -0.788. The number of benzene rings is 2. The fraction of sp³-hybridized carbons (Fsp3) is 0.370. The van der Waals surface area contributed by atoms with E-state index in [1.54, 1.807) is 23.2 Å². The second-order valence-electron chi connectivity index (χ2n) is 9.71. The third-order valence-corrected chi connectivity index (χ3v) is 6.77. The lowest BCUT2D eigenvalue weighted by Gasteiger charge is -2.29. The molecule has 1 aromatic heterocycles. The van der Waals surface area contributed by atoms with Crippen LogP contribution in [0.3, 0.4) is 0 Å². The molecule has 3 aromatic rings. The van der Waals surface area contributed by atoms with Gasteiger partial charge in [0.05, 0.1) is 30.1 Å². The lowest BCUT2D eigenvalue weighted by atomic mass is 9.97. The topological polar surface area (TPSA) is 113 Å². The number of H-pyrrole nitrogens is 1. The molecule has 0 radical (unpaired) electrons. The van der Waals surface area contributed by atoms with Crippen LogP contribution in [0.1, 0.15) is 44.1 Å². The van der Waals surface area contributed by atoms with E-state index in [-0.39, 0.29) is 29.0 Å². The maximum absolute atomic E-state index is 14.0. The summed E-state index contributed by atoms with van der Waals surface area (Å²) in [6.45, 7) is 4.16. The van der Waals surface area contributed by atoms with Crippen LogP contribution in [0.4, 0.5) is 28.0 Å². The number of nitrogen functional groups attached to an aromatic ring is 1. The lowest BCUT2D eigenvalue weighted by molar-refractivity contribution is -0.137. The van der Waals surface area contributed by atoms with Crippen LogP contribution in [0, 0.1) is 11.7 Å². The van der Waals surface area contributed by atoms with Crippen molar-refractivity contribution < 1.29 is 31.9 Å². The molecule has 39 heavy (non-hydrogen) atoms. The fourth-order valence-corrected chi connectivity index (χ4v) is 4.73. The highest BCUT2D eigenvalue weighted by atomic mass is 19.4. The van der Waals surface area contributed by atoms with Crippen molar-refractivity contribution in [2.45, 2.75) is 44.9 Å². The Bertz CT molecular complexity index is 1350. The highest BCUT2D eigenvalue weighted by Crippen LogP contribution is 2.40. The second-order valence-corrected chi connectivity index (χ2v) is 9.71. The molecule has 2 heterocycles. The van der Waals surface area contributed by atoms with Crippen molar-refractivity contribution in [3.8, 4) is 22.4 Å². The number of nitrogens with two attached hydrogens (primary N) is 1. The second kappa shape index (κ2) is 11.0. The van der Waals surface area contributed by atoms with Crippen molar-refractivity contribution in [2.24, 2.45) is 5.92 Å². The van der Waals surface area contributed by atoms with Crippen LogP contribution in [0.5, 0.6) is 0 Å². The SMILES string of the molecule is COC(=O)N[C@H](C(=O)N1CCCC1c1nc(-c2ccc(-c3cc(F)c(N)cc3C(F)(F)F)cc2)c[nH]1)C(C)C. The number of aromatic amines is 1. The van der Waals surface area contributed by atoms with Crippen molar-refractivity contribution >= 4 is 17.7 Å². The number of carbonyl (C=O) groups excluding carboxylic acids is 2. The Morgan fingerprint density at radius 2 is 1.85 bits per heavy atom. The molecule has 0 aliphatic carbocycles. The van der Waals surface area contributed by atoms with Gasteiger partial charge in [0.15, 0.2) is 0 Å². The minimum atomic E-state index is -4.71. The molecular weight excluding hydrogens is 518 g/mol. The average Bonchev–Trinajstić information content (AvgIpc) is 3.57. The Labute approximate surface area is 222 Å². The van der Waals surface area contributed by atoms with Crippen LogP contribution in [0.25, 0.3) is 22.4 Å². The van der Waals surface area contributed by atoms with Gasteiger partial charge in [-0.1, -0.05) is 38.1 Å². The zero-order valence-corrected chi connectivity index (χ0v) is 21.6. The number of methoxy groups -OCH3 is 1. The summed E-state index contributed by atoms with van der Waals surface area (Å²) in [6, 6.07) is 6.38.